The van der Waals surface area contributed by atoms with Crippen LogP contribution in [0.3, 0.4) is 0 Å². The third-order valence-corrected chi connectivity index (χ3v) is 4.65. The molecule has 1 unspecified atom stereocenters. The van der Waals surface area contributed by atoms with Crippen LogP contribution in [0.1, 0.15) is 117 Å². The minimum Gasteiger partial charge on any atom is -0.390 e. The predicted octanol–water partition coefficient (Wildman–Crippen LogP) is 5.99. The molecule has 0 bridgehead atoms. The average Bonchev–Trinajstić information content (AvgIpc) is 2.46. The zero-order valence-electron chi connectivity index (χ0n) is 15.6. The van der Waals surface area contributed by atoms with Crippen molar-refractivity contribution < 1.29 is 10.2 Å². The normalized spacial score (nSPS) is 13.5. The Morgan fingerprint density at radius 2 is 0.955 bits per heavy atom. The van der Waals surface area contributed by atoms with Gasteiger partial charge in [0.15, 0.2) is 0 Å². The van der Waals surface area contributed by atoms with Gasteiger partial charge in [-0.1, -0.05) is 96.8 Å². The quantitative estimate of drug-likeness (QED) is 0.343. The molecule has 0 rings (SSSR count). The number of aliphatic hydroxyl groups is 2. The molecule has 134 valence electrons. The first-order valence-corrected chi connectivity index (χ1v) is 9.89. The fraction of sp³-hybridized carbons (Fsp3) is 1.00. The smallest absolute Gasteiger partial charge is 0.0849 e. The number of aliphatic hydroxyl groups excluding tert-OH is 1. The molecule has 0 amide bonds. The maximum Gasteiger partial charge on any atom is 0.0849 e. The van der Waals surface area contributed by atoms with Gasteiger partial charge in [-0.2, -0.15) is 0 Å². The standard InChI is InChI=1S/C20H42O2/c1-4-5-6-7-8-9-10-11-12-13-14-15-16-17-18-19(21)20(2,3)22/h19,21-22H,4-18H2,1-3H3. The highest BCUT2D eigenvalue weighted by molar-refractivity contribution is 4.75. The molecule has 2 N–H and O–H groups in total. The highest BCUT2D eigenvalue weighted by Crippen LogP contribution is 2.17. The van der Waals surface area contributed by atoms with Crippen molar-refractivity contribution in [3.63, 3.8) is 0 Å². The summed E-state index contributed by atoms with van der Waals surface area (Å²) < 4.78 is 0. The van der Waals surface area contributed by atoms with Gasteiger partial charge in [0.25, 0.3) is 0 Å². The summed E-state index contributed by atoms with van der Waals surface area (Å²) in [4.78, 5) is 0. The van der Waals surface area contributed by atoms with Crippen molar-refractivity contribution in [1.29, 1.82) is 0 Å². The molecule has 2 nitrogen and oxygen atoms in total. The van der Waals surface area contributed by atoms with E-state index in [1.165, 1.54) is 83.5 Å². The van der Waals surface area contributed by atoms with E-state index in [2.05, 4.69) is 6.92 Å². The van der Waals surface area contributed by atoms with Gasteiger partial charge in [-0.15, -0.1) is 0 Å². The van der Waals surface area contributed by atoms with Crippen LogP contribution in [0.15, 0.2) is 0 Å². The van der Waals surface area contributed by atoms with Gasteiger partial charge in [-0.3, -0.25) is 0 Å². The predicted molar refractivity (Wildman–Crippen MR) is 97.2 cm³/mol. The van der Waals surface area contributed by atoms with Gasteiger partial charge >= 0.3 is 0 Å². The lowest BCUT2D eigenvalue weighted by molar-refractivity contribution is -0.0522. The Morgan fingerprint density at radius 1 is 0.636 bits per heavy atom. The summed E-state index contributed by atoms with van der Waals surface area (Å²) in [6.45, 7) is 5.64. The number of hydrogen-bond donors (Lipinski definition) is 2. The first-order chi connectivity index (χ1) is 10.5. The van der Waals surface area contributed by atoms with Crippen molar-refractivity contribution in [2.24, 2.45) is 0 Å². The van der Waals surface area contributed by atoms with Gasteiger partial charge < -0.3 is 10.2 Å². The Hall–Kier alpha value is -0.0800. The van der Waals surface area contributed by atoms with Crippen LogP contribution in [0.25, 0.3) is 0 Å². The lowest BCUT2D eigenvalue weighted by atomic mass is 9.96. The molecule has 0 aromatic heterocycles. The molecule has 2 heteroatoms. The number of hydrogen-bond acceptors (Lipinski definition) is 2. The molecule has 0 fully saturated rings. The van der Waals surface area contributed by atoms with E-state index in [0.29, 0.717) is 0 Å². The summed E-state index contributed by atoms with van der Waals surface area (Å²) in [6, 6.07) is 0. The van der Waals surface area contributed by atoms with E-state index in [0.717, 1.165) is 12.8 Å². The van der Waals surface area contributed by atoms with Crippen LogP contribution in [0.5, 0.6) is 0 Å². The third kappa shape index (κ3) is 14.8. The largest absolute Gasteiger partial charge is 0.390 e. The minimum atomic E-state index is -0.948. The van der Waals surface area contributed by atoms with E-state index in [-0.39, 0.29) is 0 Å². The Bertz CT molecular complexity index is 220. The van der Waals surface area contributed by atoms with E-state index in [4.69, 9.17) is 0 Å². The molecule has 0 saturated carbocycles. The molecular weight excluding hydrogens is 272 g/mol. The first kappa shape index (κ1) is 21.9. The number of unbranched alkanes of at least 4 members (excludes halogenated alkanes) is 13. The Labute approximate surface area is 139 Å². The van der Waals surface area contributed by atoms with Crippen molar-refractivity contribution in [2.45, 2.75) is 129 Å². The van der Waals surface area contributed by atoms with E-state index in [1.807, 2.05) is 0 Å². The molecule has 0 heterocycles. The van der Waals surface area contributed by atoms with Gasteiger partial charge in [0.05, 0.1) is 11.7 Å². The fourth-order valence-electron chi connectivity index (χ4n) is 2.89. The van der Waals surface area contributed by atoms with Gasteiger partial charge in [-0.05, 0) is 20.3 Å². The van der Waals surface area contributed by atoms with Crippen LogP contribution in [-0.2, 0) is 0 Å². The highest BCUT2D eigenvalue weighted by atomic mass is 16.3. The minimum absolute atomic E-state index is 0.579. The van der Waals surface area contributed by atoms with Crippen molar-refractivity contribution >= 4 is 0 Å². The first-order valence-electron chi connectivity index (χ1n) is 9.89. The van der Waals surface area contributed by atoms with Crippen LogP contribution in [0.4, 0.5) is 0 Å². The zero-order valence-corrected chi connectivity index (χ0v) is 15.6. The average molecular weight is 315 g/mol. The molecule has 0 radical (unpaired) electrons. The van der Waals surface area contributed by atoms with E-state index < -0.39 is 11.7 Å². The molecule has 0 aromatic carbocycles. The summed E-state index contributed by atoms with van der Waals surface area (Å²) in [5.74, 6) is 0. The highest BCUT2D eigenvalue weighted by Gasteiger charge is 2.23. The Kier molecular flexibility index (Phi) is 14.5. The lowest BCUT2D eigenvalue weighted by Crippen LogP contribution is -2.35. The van der Waals surface area contributed by atoms with Crippen molar-refractivity contribution in [2.75, 3.05) is 0 Å². The monoisotopic (exact) mass is 314 g/mol. The maximum atomic E-state index is 9.73. The molecule has 0 spiro atoms. The summed E-state index contributed by atoms with van der Waals surface area (Å²) >= 11 is 0. The third-order valence-electron chi connectivity index (χ3n) is 4.65. The van der Waals surface area contributed by atoms with Crippen molar-refractivity contribution in [3.8, 4) is 0 Å². The van der Waals surface area contributed by atoms with Crippen molar-refractivity contribution in [1.82, 2.24) is 0 Å². The second-order valence-electron chi connectivity index (χ2n) is 7.55. The lowest BCUT2D eigenvalue weighted by Gasteiger charge is -2.24. The van der Waals surface area contributed by atoms with Crippen LogP contribution >= 0.6 is 0 Å². The Balaban J connectivity index is 3.12. The van der Waals surface area contributed by atoms with Crippen LogP contribution in [0.2, 0.25) is 0 Å². The molecule has 22 heavy (non-hydrogen) atoms. The van der Waals surface area contributed by atoms with E-state index >= 15 is 0 Å². The molecule has 0 aliphatic rings. The number of rotatable bonds is 16. The molecule has 0 aromatic rings. The van der Waals surface area contributed by atoms with Gasteiger partial charge in [0.1, 0.15) is 0 Å². The summed E-state index contributed by atoms with van der Waals surface area (Å²) in [5.41, 5.74) is -0.948. The Morgan fingerprint density at radius 3 is 1.27 bits per heavy atom. The van der Waals surface area contributed by atoms with Gasteiger partial charge in [0, 0.05) is 0 Å². The second-order valence-corrected chi connectivity index (χ2v) is 7.55. The second kappa shape index (κ2) is 14.5. The molecule has 0 aliphatic heterocycles. The summed E-state index contributed by atoms with van der Waals surface area (Å²) in [6.07, 6.45) is 19.0. The molecule has 0 saturated heterocycles. The summed E-state index contributed by atoms with van der Waals surface area (Å²) in [5, 5.41) is 19.4. The van der Waals surface area contributed by atoms with E-state index in [9.17, 15) is 10.2 Å². The molecule has 1 atom stereocenters. The summed E-state index contributed by atoms with van der Waals surface area (Å²) in [7, 11) is 0. The molecular formula is C20H42O2. The van der Waals surface area contributed by atoms with Crippen LogP contribution in [0, 0.1) is 0 Å². The van der Waals surface area contributed by atoms with Gasteiger partial charge in [-0.25, -0.2) is 0 Å². The molecule has 0 aliphatic carbocycles. The van der Waals surface area contributed by atoms with Crippen LogP contribution in [-0.4, -0.2) is 21.9 Å². The van der Waals surface area contributed by atoms with Crippen molar-refractivity contribution in [3.05, 3.63) is 0 Å². The van der Waals surface area contributed by atoms with E-state index in [1.54, 1.807) is 13.8 Å². The maximum absolute atomic E-state index is 9.73. The topological polar surface area (TPSA) is 40.5 Å². The van der Waals surface area contributed by atoms with Crippen LogP contribution < -0.4 is 0 Å². The van der Waals surface area contributed by atoms with Gasteiger partial charge in [0.2, 0.25) is 0 Å². The zero-order chi connectivity index (χ0) is 16.7. The fourth-order valence-corrected chi connectivity index (χ4v) is 2.89. The SMILES string of the molecule is CCCCCCCCCCCCCCCCC(O)C(C)(C)O.